The summed E-state index contributed by atoms with van der Waals surface area (Å²) >= 11 is 0. The summed E-state index contributed by atoms with van der Waals surface area (Å²) in [7, 11) is 0. The van der Waals surface area contributed by atoms with Crippen LogP contribution in [0.25, 0.3) is 0 Å². The Hall–Kier alpha value is -2.56. The van der Waals surface area contributed by atoms with Crippen molar-refractivity contribution in [3.63, 3.8) is 0 Å². The van der Waals surface area contributed by atoms with Crippen molar-refractivity contribution in [2.24, 2.45) is 0 Å². The van der Waals surface area contributed by atoms with Crippen molar-refractivity contribution in [1.29, 1.82) is 0 Å². The maximum absolute atomic E-state index is 12.2. The van der Waals surface area contributed by atoms with Gasteiger partial charge in [-0.3, -0.25) is 9.59 Å². The minimum atomic E-state index is -0.228. The summed E-state index contributed by atoms with van der Waals surface area (Å²) in [5.74, 6) is 0.341. The first-order valence-electron chi connectivity index (χ1n) is 7.31. The third kappa shape index (κ3) is 3.36. The molecule has 0 saturated carbocycles. The predicted molar refractivity (Wildman–Crippen MR) is 85.1 cm³/mol. The van der Waals surface area contributed by atoms with Crippen molar-refractivity contribution in [1.82, 2.24) is 4.90 Å². The summed E-state index contributed by atoms with van der Waals surface area (Å²) in [6.45, 7) is 6.98. The third-order valence-electron chi connectivity index (χ3n) is 3.54. The van der Waals surface area contributed by atoms with Gasteiger partial charge in [0.25, 0.3) is 11.8 Å². The van der Waals surface area contributed by atoms with Gasteiger partial charge in [0, 0.05) is 24.3 Å². The molecular formula is C17H20N2O3. The first kappa shape index (κ1) is 15.8. The summed E-state index contributed by atoms with van der Waals surface area (Å²) in [6.07, 6.45) is 1.48. The summed E-state index contributed by atoms with van der Waals surface area (Å²) in [5.41, 5.74) is 1.76. The van der Waals surface area contributed by atoms with E-state index in [4.69, 9.17) is 4.42 Å². The molecule has 1 aromatic carbocycles. The van der Waals surface area contributed by atoms with Crippen LogP contribution >= 0.6 is 0 Å². The number of aryl methyl sites for hydroxylation is 1. The molecule has 0 aliphatic carbocycles. The molecule has 0 fully saturated rings. The molecule has 5 heteroatoms. The number of anilines is 1. The number of benzene rings is 1. The average Bonchev–Trinajstić information content (AvgIpc) is 2.95. The maximum Gasteiger partial charge on any atom is 0.259 e. The van der Waals surface area contributed by atoms with E-state index < -0.39 is 0 Å². The second-order valence-electron chi connectivity index (χ2n) is 4.90. The molecule has 0 aliphatic heterocycles. The molecule has 0 atom stereocenters. The fraction of sp³-hybridized carbons (Fsp3) is 0.294. The van der Waals surface area contributed by atoms with Gasteiger partial charge >= 0.3 is 0 Å². The van der Waals surface area contributed by atoms with Gasteiger partial charge < -0.3 is 14.6 Å². The maximum atomic E-state index is 12.2. The minimum absolute atomic E-state index is 0.00597. The fourth-order valence-electron chi connectivity index (χ4n) is 2.21. The topological polar surface area (TPSA) is 62.6 Å². The Labute approximate surface area is 129 Å². The average molecular weight is 300 g/mol. The molecule has 0 spiro atoms. The highest BCUT2D eigenvalue weighted by atomic mass is 16.3. The van der Waals surface area contributed by atoms with E-state index in [1.165, 1.54) is 6.26 Å². The first-order chi connectivity index (χ1) is 10.6. The standard InChI is InChI=1S/C17H20N2O3/c1-4-19(5-2)17(21)13-6-8-14(9-7-13)18-16(20)15-10-11-22-12(15)3/h6-11H,4-5H2,1-3H3,(H,18,20). The van der Waals surface area contributed by atoms with Crippen LogP contribution in [0.1, 0.15) is 40.3 Å². The molecule has 0 aliphatic rings. The van der Waals surface area contributed by atoms with E-state index >= 15 is 0 Å². The highest BCUT2D eigenvalue weighted by molar-refractivity contribution is 6.05. The minimum Gasteiger partial charge on any atom is -0.469 e. The van der Waals surface area contributed by atoms with Gasteiger partial charge in [0.05, 0.1) is 11.8 Å². The quantitative estimate of drug-likeness (QED) is 0.921. The SMILES string of the molecule is CCN(CC)C(=O)c1ccc(NC(=O)c2ccoc2C)cc1. The third-order valence-corrected chi connectivity index (χ3v) is 3.54. The molecule has 1 N–H and O–H groups in total. The van der Waals surface area contributed by atoms with Gasteiger partial charge in [-0.1, -0.05) is 0 Å². The lowest BCUT2D eigenvalue weighted by atomic mass is 10.1. The molecule has 0 saturated heterocycles. The van der Waals surface area contributed by atoms with Gasteiger partial charge in [-0.05, 0) is 51.1 Å². The Morgan fingerprint density at radius 3 is 2.23 bits per heavy atom. The zero-order valence-electron chi connectivity index (χ0n) is 13.1. The number of nitrogens with zero attached hydrogens (tertiary/aromatic N) is 1. The van der Waals surface area contributed by atoms with Crippen LogP contribution in [0.4, 0.5) is 5.69 Å². The largest absolute Gasteiger partial charge is 0.469 e. The van der Waals surface area contributed by atoms with Crippen LogP contribution in [0.2, 0.25) is 0 Å². The van der Waals surface area contributed by atoms with Crippen molar-refractivity contribution in [3.8, 4) is 0 Å². The number of carbonyl (C=O) groups excluding carboxylic acids is 2. The molecule has 1 heterocycles. The molecule has 2 rings (SSSR count). The fourth-order valence-corrected chi connectivity index (χ4v) is 2.21. The normalized spacial score (nSPS) is 10.3. The Morgan fingerprint density at radius 1 is 1.09 bits per heavy atom. The van der Waals surface area contributed by atoms with Crippen LogP contribution in [0.15, 0.2) is 41.0 Å². The van der Waals surface area contributed by atoms with Crippen LogP contribution in [0.5, 0.6) is 0 Å². The monoisotopic (exact) mass is 300 g/mol. The summed E-state index contributed by atoms with van der Waals surface area (Å²) < 4.78 is 5.11. The van der Waals surface area contributed by atoms with Crippen LogP contribution in [0.3, 0.4) is 0 Å². The Kier molecular flexibility index (Phi) is 4.99. The molecule has 1 aromatic heterocycles. The second kappa shape index (κ2) is 6.93. The van der Waals surface area contributed by atoms with E-state index in [2.05, 4.69) is 5.32 Å². The van der Waals surface area contributed by atoms with Crippen molar-refractivity contribution in [2.75, 3.05) is 18.4 Å². The van der Waals surface area contributed by atoms with Gasteiger partial charge in [0.2, 0.25) is 0 Å². The van der Waals surface area contributed by atoms with E-state index in [9.17, 15) is 9.59 Å². The number of hydrogen-bond donors (Lipinski definition) is 1. The van der Waals surface area contributed by atoms with Crippen molar-refractivity contribution in [2.45, 2.75) is 20.8 Å². The van der Waals surface area contributed by atoms with Gasteiger partial charge in [0.1, 0.15) is 5.76 Å². The number of carbonyl (C=O) groups is 2. The molecule has 0 bridgehead atoms. The lowest BCUT2D eigenvalue weighted by Gasteiger charge is -2.18. The number of furan rings is 1. The molecular weight excluding hydrogens is 280 g/mol. The van der Waals surface area contributed by atoms with Crippen molar-refractivity contribution < 1.29 is 14.0 Å². The smallest absolute Gasteiger partial charge is 0.259 e. The first-order valence-corrected chi connectivity index (χ1v) is 7.31. The van der Waals surface area contributed by atoms with Crippen LogP contribution in [0, 0.1) is 6.92 Å². The summed E-state index contributed by atoms with van der Waals surface area (Å²) in [5, 5.41) is 2.78. The van der Waals surface area contributed by atoms with Gasteiger partial charge in [-0.15, -0.1) is 0 Å². The van der Waals surface area contributed by atoms with Gasteiger partial charge in [-0.25, -0.2) is 0 Å². The van der Waals surface area contributed by atoms with Crippen LogP contribution in [-0.2, 0) is 0 Å². The Balaban J connectivity index is 2.08. The number of rotatable bonds is 5. The van der Waals surface area contributed by atoms with Gasteiger partial charge in [0.15, 0.2) is 0 Å². The van der Waals surface area contributed by atoms with E-state index in [1.807, 2.05) is 13.8 Å². The van der Waals surface area contributed by atoms with Crippen molar-refractivity contribution >= 4 is 17.5 Å². The number of nitrogens with one attached hydrogen (secondary N) is 1. The molecule has 0 unspecified atom stereocenters. The van der Waals surface area contributed by atoms with E-state index in [0.717, 1.165) is 0 Å². The van der Waals surface area contributed by atoms with Crippen LogP contribution in [-0.4, -0.2) is 29.8 Å². The lowest BCUT2D eigenvalue weighted by Crippen LogP contribution is -2.30. The molecule has 5 nitrogen and oxygen atoms in total. The molecule has 22 heavy (non-hydrogen) atoms. The van der Waals surface area contributed by atoms with E-state index in [0.29, 0.717) is 35.7 Å². The number of hydrogen-bond acceptors (Lipinski definition) is 3. The molecule has 2 amide bonds. The Bertz CT molecular complexity index is 655. The second-order valence-corrected chi connectivity index (χ2v) is 4.90. The van der Waals surface area contributed by atoms with Crippen LogP contribution < -0.4 is 5.32 Å². The van der Waals surface area contributed by atoms with Gasteiger partial charge in [-0.2, -0.15) is 0 Å². The molecule has 2 aromatic rings. The molecule has 116 valence electrons. The molecule has 0 radical (unpaired) electrons. The van der Waals surface area contributed by atoms with E-state index in [-0.39, 0.29) is 11.8 Å². The zero-order chi connectivity index (χ0) is 16.1. The van der Waals surface area contributed by atoms with E-state index in [1.54, 1.807) is 42.2 Å². The highest BCUT2D eigenvalue weighted by Gasteiger charge is 2.14. The zero-order valence-corrected chi connectivity index (χ0v) is 13.1. The number of amides is 2. The summed E-state index contributed by atoms with van der Waals surface area (Å²) in [4.78, 5) is 26.0. The highest BCUT2D eigenvalue weighted by Crippen LogP contribution is 2.15. The summed E-state index contributed by atoms with van der Waals surface area (Å²) in [6, 6.07) is 8.52. The predicted octanol–water partition coefficient (Wildman–Crippen LogP) is 3.32. The van der Waals surface area contributed by atoms with Crippen molar-refractivity contribution in [3.05, 3.63) is 53.5 Å². The lowest BCUT2D eigenvalue weighted by molar-refractivity contribution is 0.0773. The Morgan fingerprint density at radius 2 is 1.73 bits per heavy atom.